The summed E-state index contributed by atoms with van der Waals surface area (Å²) in [5, 5.41) is 54.6. The van der Waals surface area contributed by atoms with Gasteiger partial charge in [-0.25, -0.2) is 14.6 Å². The molecule has 0 spiro atoms. The first-order chi connectivity index (χ1) is 21.5. The number of benzene rings is 6. The van der Waals surface area contributed by atoms with Gasteiger partial charge in [-0.1, -0.05) is 77.9 Å². The molecular formula is C38H34N2O6. The SMILES string of the molecule is CC(C)(C)c1ccc(C(C)(C)C)c(N=C(O)c2ccc3c4ccc(C(=O)O)c5c(C(=O)O)ccc(c6ccc(C(=N)O)c2c63)c54)c1. The Morgan fingerprint density at radius 1 is 0.565 bits per heavy atom. The number of hydrogen-bond acceptors (Lipinski definition) is 4. The summed E-state index contributed by atoms with van der Waals surface area (Å²) in [6.45, 7) is 12.5. The second-order valence-corrected chi connectivity index (χ2v) is 13.8. The standard InChI is InChI=1S/C38H34N2O6/c1-37(2,3)18-7-16-27(38(4,5)6)28(17-18)40-34(42)24-13-9-20-22-11-15-26(36(45)46)32-25(35(43)44)14-10-21(30(22)32)19-8-12-23(33(39)41)31(24)29(19)20/h7-17H,1-6H3,(H2,39,41)(H,40,42)(H,43,44)(H,45,46). The van der Waals surface area contributed by atoms with Gasteiger partial charge in [0, 0.05) is 21.9 Å². The van der Waals surface area contributed by atoms with Crippen LogP contribution in [0.2, 0.25) is 0 Å². The number of carboxylic acid groups (broad SMARTS) is 2. The fourth-order valence-corrected chi connectivity index (χ4v) is 6.53. The summed E-state index contributed by atoms with van der Waals surface area (Å²) < 4.78 is 0. The first-order valence-corrected chi connectivity index (χ1v) is 14.9. The van der Waals surface area contributed by atoms with Gasteiger partial charge in [-0.2, -0.15) is 0 Å². The Bertz CT molecular complexity index is 2250. The third-order valence-electron chi connectivity index (χ3n) is 8.76. The molecule has 5 N–H and O–H groups in total. The molecule has 0 saturated heterocycles. The predicted octanol–water partition coefficient (Wildman–Crippen LogP) is 9.25. The minimum Gasteiger partial charge on any atom is -0.493 e. The van der Waals surface area contributed by atoms with Crippen LogP contribution in [-0.2, 0) is 10.8 Å². The highest BCUT2D eigenvalue weighted by Gasteiger charge is 2.26. The first-order valence-electron chi connectivity index (χ1n) is 14.9. The number of aliphatic imine (C=N–C) groups is 1. The van der Waals surface area contributed by atoms with Crippen molar-refractivity contribution in [3.8, 4) is 0 Å². The highest BCUT2D eigenvalue weighted by atomic mass is 16.4. The Morgan fingerprint density at radius 3 is 1.41 bits per heavy atom. The zero-order valence-corrected chi connectivity index (χ0v) is 26.4. The van der Waals surface area contributed by atoms with E-state index in [1.807, 2.05) is 12.1 Å². The van der Waals surface area contributed by atoms with E-state index in [4.69, 9.17) is 10.4 Å². The van der Waals surface area contributed by atoms with Crippen LogP contribution >= 0.6 is 0 Å². The summed E-state index contributed by atoms with van der Waals surface area (Å²) in [4.78, 5) is 29.2. The summed E-state index contributed by atoms with van der Waals surface area (Å²) in [6.07, 6.45) is 0. The van der Waals surface area contributed by atoms with Crippen LogP contribution in [0.15, 0.2) is 71.7 Å². The first kappa shape index (κ1) is 30.5. The van der Waals surface area contributed by atoms with Crippen molar-refractivity contribution >= 4 is 72.5 Å². The number of hydrogen-bond donors (Lipinski definition) is 5. The third-order valence-corrected chi connectivity index (χ3v) is 8.76. The molecule has 0 saturated carbocycles. The maximum absolute atomic E-state index is 12.2. The second kappa shape index (κ2) is 10.3. The average Bonchev–Trinajstić information content (AvgIpc) is 2.97. The zero-order chi connectivity index (χ0) is 33.5. The molecule has 0 heterocycles. The third kappa shape index (κ3) is 4.68. The van der Waals surface area contributed by atoms with E-state index >= 15 is 0 Å². The Morgan fingerprint density at radius 2 is 1.00 bits per heavy atom. The van der Waals surface area contributed by atoms with E-state index in [9.17, 15) is 30.0 Å². The minimum atomic E-state index is -1.24. The van der Waals surface area contributed by atoms with Gasteiger partial charge in [0.15, 0.2) is 0 Å². The van der Waals surface area contributed by atoms with Crippen LogP contribution in [0.3, 0.4) is 0 Å². The summed E-state index contributed by atoms with van der Waals surface area (Å²) in [7, 11) is 0. The van der Waals surface area contributed by atoms with E-state index < -0.39 is 17.8 Å². The number of carbonyl (C=O) groups is 2. The maximum Gasteiger partial charge on any atom is 0.336 e. The predicted molar refractivity (Wildman–Crippen MR) is 184 cm³/mol. The molecule has 46 heavy (non-hydrogen) atoms. The zero-order valence-electron chi connectivity index (χ0n) is 26.4. The highest BCUT2D eigenvalue weighted by Crippen LogP contribution is 2.44. The number of nitrogens with zero attached hydrogens (tertiary/aromatic N) is 1. The number of carboxylic acids is 2. The van der Waals surface area contributed by atoms with Crippen molar-refractivity contribution in [2.24, 2.45) is 4.99 Å². The van der Waals surface area contributed by atoms with Gasteiger partial charge in [-0.3, -0.25) is 5.41 Å². The Hall–Kier alpha value is -5.50. The Labute approximate surface area is 265 Å². The largest absolute Gasteiger partial charge is 0.493 e. The molecule has 0 fully saturated rings. The number of fused-ring (bicyclic) bond motifs is 2. The molecule has 0 aliphatic rings. The van der Waals surface area contributed by atoms with E-state index in [0.717, 1.165) is 11.1 Å². The van der Waals surface area contributed by atoms with Crippen LogP contribution in [0.1, 0.15) is 84.5 Å². The van der Waals surface area contributed by atoms with Crippen molar-refractivity contribution in [3.63, 3.8) is 0 Å². The van der Waals surface area contributed by atoms with Crippen LogP contribution < -0.4 is 0 Å². The van der Waals surface area contributed by atoms with Crippen LogP contribution in [0, 0.1) is 5.41 Å². The van der Waals surface area contributed by atoms with E-state index in [0.29, 0.717) is 49.0 Å². The molecular weight excluding hydrogens is 580 g/mol. The fraction of sp³-hybridized carbons (Fsp3) is 0.211. The quantitative estimate of drug-likeness (QED) is 0.0565. The molecule has 6 rings (SSSR count). The molecule has 0 bridgehead atoms. The number of aliphatic hydroxyl groups is 2. The molecule has 0 radical (unpaired) electrons. The topological polar surface area (TPSA) is 151 Å². The van der Waals surface area contributed by atoms with Crippen LogP contribution in [0.5, 0.6) is 0 Å². The fourth-order valence-electron chi connectivity index (χ4n) is 6.53. The van der Waals surface area contributed by atoms with E-state index in [2.05, 4.69) is 47.6 Å². The van der Waals surface area contributed by atoms with E-state index in [1.165, 1.54) is 12.1 Å². The Kier molecular flexibility index (Phi) is 6.82. The van der Waals surface area contributed by atoms with Crippen LogP contribution in [-0.4, -0.2) is 44.2 Å². The van der Waals surface area contributed by atoms with Crippen LogP contribution in [0.4, 0.5) is 5.69 Å². The van der Waals surface area contributed by atoms with Crippen molar-refractivity contribution < 1.29 is 30.0 Å². The normalized spacial score (nSPS) is 12.9. The molecule has 8 heteroatoms. The highest BCUT2D eigenvalue weighted by molar-refractivity contribution is 6.38. The lowest BCUT2D eigenvalue weighted by atomic mass is 9.81. The maximum atomic E-state index is 12.2. The summed E-state index contributed by atoms with van der Waals surface area (Å²) in [5.41, 5.74) is 2.39. The van der Waals surface area contributed by atoms with E-state index in [1.54, 1.807) is 36.4 Å². The molecule has 0 aliphatic heterocycles. The number of aliphatic hydroxyl groups excluding tert-OH is 2. The van der Waals surface area contributed by atoms with Crippen molar-refractivity contribution in [3.05, 3.63) is 100 Å². The monoisotopic (exact) mass is 614 g/mol. The number of nitrogens with one attached hydrogen (secondary N) is 1. The molecule has 0 aliphatic carbocycles. The van der Waals surface area contributed by atoms with Gasteiger partial charge in [0.25, 0.3) is 0 Å². The minimum absolute atomic E-state index is 0.120. The molecule has 0 amide bonds. The Balaban J connectivity index is 1.75. The van der Waals surface area contributed by atoms with E-state index in [-0.39, 0.29) is 38.8 Å². The van der Waals surface area contributed by atoms with Gasteiger partial charge >= 0.3 is 11.9 Å². The molecule has 8 nitrogen and oxygen atoms in total. The lowest BCUT2D eigenvalue weighted by Crippen LogP contribution is -2.15. The molecule has 232 valence electrons. The molecule has 0 unspecified atom stereocenters. The summed E-state index contributed by atoms with van der Waals surface area (Å²) in [5.74, 6) is -3.47. The molecule has 6 aromatic rings. The van der Waals surface area contributed by atoms with Crippen molar-refractivity contribution in [2.75, 3.05) is 0 Å². The lowest BCUT2D eigenvalue weighted by molar-refractivity contribution is 0.0695. The van der Waals surface area contributed by atoms with Crippen LogP contribution in [0.25, 0.3) is 43.1 Å². The summed E-state index contributed by atoms with van der Waals surface area (Å²) >= 11 is 0. The smallest absolute Gasteiger partial charge is 0.336 e. The number of aromatic carboxylic acids is 2. The van der Waals surface area contributed by atoms with Crippen molar-refractivity contribution in [1.82, 2.24) is 0 Å². The average molecular weight is 615 g/mol. The second-order valence-electron chi connectivity index (χ2n) is 13.8. The van der Waals surface area contributed by atoms with Gasteiger partial charge in [0.2, 0.25) is 11.8 Å². The van der Waals surface area contributed by atoms with Gasteiger partial charge in [0.05, 0.1) is 16.8 Å². The molecule has 0 atom stereocenters. The van der Waals surface area contributed by atoms with Gasteiger partial charge in [-0.15, -0.1) is 0 Å². The van der Waals surface area contributed by atoms with Crippen molar-refractivity contribution in [1.29, 1.82) is 5.41 Å². The van der Waals surface area contributed by atoms with Gasteiger partial charge in [-0.05, 0) is 84.6 Å². The molecule has 6 aromatic carbocycles. The van der Waals surface area contributed by atoms with Gasteiger partial charge in [0.1, 0.15) is 0 Å². The summed E-state index contributed by atoms with van der Waals surface area (Å²) in [6, 6.07) is 18.9. The number of rotatable bonds is 5. The van der Waals surface area contributed by atoms with Gasteiger partial charge < -0.3 is 20.4 Å². The van der Waals surface area contributed by atoms with Crippen molar-refractivity contribution in [2.45, 2.75) is 52.4 Å². The molecule has 0 aromatic heterocycles. The lowest BCUT2D eigenvalue weighted by Gasteiger charge is -2.25.